The van der Waals surface area contributed by atoms with E-state index in [9.17, 15) is 9.18 Å². The van der Waals surface area contributed by atoms with Gasteiger partial charge in [0.25, 0.3) is 0 Å². The predicted octanol–water partition coefficient (Wildman–Crippen LogP) is 4.20. The number of hydrogen-bond donors (Lipinski definition) is 0. The summed E-state index contributed by atoms with van der Waals surface area (Å²) in [5.41, 5.74) is 1.44. The van der Waals surface area contributed by atoms with Gasteiger partial charge in [0.05, 0.1) is 5.69 Å². The number of carbonyl (C=O) groups excluding carboxylic acids is 1. The topological polar surface area (TPSA) is 51.9 Å². The molecule has 0 radical (unpaired) electrons. The maximum atomic E-state index is 14.2. The lowest BCUT2D eigenvalue weighted by Crippen LogP contribution is -2.15. The molecular formula is C19H18FNO4. The van der Waals surface area contributed by atoms with Gasteiger partial charge in [0.2, 0.25) is 6.41 Å². The zero-order valence-electron chi connectivity index (χ0n) is 14.0. The Hall–Kier alpha value is -2.86. The van der Waals surface area contributed by atoms with Crippen LogP contribution in [0.25, 0.3) is 22.3 Å². The molecule has 3 aromatic rings. The molecule has 0 bridgehead atoms. The van der Waals surface area contributed by atoms with E-state index in [2.05, 4.69) is 0 Å². The lowest BCUT2D eigenvalue weighted by Gasteiger charge is -2.12. The maximum absolute atomic E-state index is 14.2. The van der Waals surface area contributed by atoms with Gasteiger partial charge in [-0.2, -0.15) is 0 Å². The van der Waals surface area contributed by atoms with E-state index in [0.717, 1.165) is 5.39 Å². The first kappa shape index (κ1) is 17.0. The van der Waals surface area contributed by atoms with Crippen LogP contribution in [-0.2, 0) is 9.53 Å². The zero-order chi connectivity index (χ0) is 17.8. The van der Waals surface area contributed by atoms with Crippen LogP contribution in [0.4, 0.5) is 10.1 Å². The molecule has 0 unspecified atom stereocenters. The smallest absolute Gasteiger partial charge is 0.213 e. The lowest BCUT2D eigenvalue weighted by molar-refractivity contribution is -0.107. The van der Waals surface area contributed by atoms with Gasteiger partial charge < -0.3 is 18.8 Å². The zero-order valence-corrected chi connectivity index (χ0v) is 14.0. The molecule has 1 aromatic heterocycles. The average Bonchev–Trinajstić information content (AvgIpc) is 3.04. The van der Waals surface area contributed by atoms with Crippen molar-refractivity contribution in [3.63, 3.8) is 0 Å². The largest absolute Gasteiger partial charge is 0.467 e. The second-order valence-corrected chi connectivity index (χ2v) is 5.45. The Morgan fingerprint density at radius 3 is 2.76 bits per heavy atom. The minimum absolute atomic E-state index is 0.173. The Bertz CT molecular complexity index is 890. The second-order valence-electron chi connectivity index (χ2n) is 5.45. The van der Waals surface area contributed by atoms with Gasteiger partial charge in [0, 0.05) is 30.7 Å². The molecule has 0 aliphatic carbocycles. The Labute approximate surface area is 144 Å². The molecule has 3 rings (SSSR count). The Kier molecular flexibility index (Phi) is 5.00. The summed E-state index contributed by atoms with van der Waals surface area (Å²) in [7, 11) is 1.50. The number of benzene rings is 2. The number of amides is 1. The molecule has 2 aromatic carbocycles. The van der Waals surface area contributed by atoms with Crippen LogP contribution >= 0.6 is 0 Å². The van der Waals surface area contributed by atoms with Gasteiger partial charge in [0.1, 0.15) is 22.9 Å². The maximum Gasteiger partial charge on any atom is 0.213 e. The summed E-state index contributed by atoms with van der Waals surface area (Å²) in [5, 5.41) is 0.883. The van der Waals surface area contributed by atoms with E-state index >= 15 is 0 Å². The van der Waals surface area contributed by atoms with Crippen molar-refractivity contribution in [2.75, 3.05) is 25.3 Å². The Morgan fingerprint density at radius 2 is 2.04 bits per heavy atom. The Morgan fingerprint density at radius 1 is 1.20 bits per heavy atom. The van der Waals surface area contributed by atoms with E-state index in [1.54, 1.807) is 18.2 Å². The van der Waals surface area contributed by atoms with Crippen molar-refractivity contribution in [2.45, 2.75) is 6.92 Å². The first-order valence-electron chi connectivity index (χ1n) is 7.84. The van der Waals surface area contributed by atoms with Crippen LogP contribution in [0.15, 0.2) is 46.9 Å². The van der Waals surface area contributed by atoms with Crippen LogP contribution in [0.2, 0.25) is 0 Å². The number of halogens is 1. The van der Waals surface area contributed by atoms with Crippen molar-refractivity contribution in [2.24, 2.45) is 0 Å². The van der Waals surface area contributed by atoms with E-state index in [4.69, 9.17) is 13.9 Å². The molecular weight excluding hydrogens is 325 g/mol. The third-order valence-corrected chi connectivity index (χ3v) is 3.77. The number of furan rings is 1. The molecule has 0 saturated carbocycles. The third kappa shape index (κ3) is 3.64. The van der Waals surface area contributed by atoms with E-state index in [0.29, 0.717) is 35.7 Å². The van der Waals surface area contributed by atoms with E-state index in [-0.39, 0.29) is 12.5 Å². The van der Waals surface area contributed by atoms with Gasteiger partial charge >= 0.3 is 0 Å². The molecule has 0 N–H and O–H groups in total. The Balaban J connectivity index is 1.88. The van der Waals surface area contributed by atoms with Crippen LogP contribution in [0.1, 0.15) is 6.92 Å². The standard InChI is InChI=1S/C19H18FNO4/c1-3-23-12-24-15-6-4-14-9-18(25-19(14)10-15)13-5-7-17(16(20)8-13)21(2)11-22/h4-11H,3,12H2,1-2H3. The number of rotatable bonds is 7. The summed E-state index contributed by atoms with van der Waals surface area (Å²) in [5.74, 6) is 0.681. The van der Waals surface area contributed by atoms with Gasteiger partial charge in [-0.3, -0.25) is 4.79 Å². The summed E-state index contributed by atoms with van der Waals surface area (Å²) in [4.78, 5) is 12.0. The molecule has 0 saturated heterocycles. The number of ether oxygens (including phenoxy) is 2. The van der Waals surface area contributed by atoms with Crippen molar-refractivity contribution < 1.29 is 23.1 Å². The highest BCUT2D eigenvalue weighted by molar-refractivity contribution is 5.84. The van der Waals surface area contributed by atoms with Crippen LogP contribution in [0, 0.1) is 5.82 Å². The molecule has 6 heteroatoms. The van der Waals surface area contributed by atoms with Gasteiger partial charge in [-0.05, 0) is 43.3 Å². The monoisotopic (exact) mass is 343 g/mol. The third-order valence-electron chi connectivity index (χ3n) is 3.77. The number of nitrogens with zero attached hydrogens (tertiary/aromatic N) is 1. The van der Waals surface area contributed by atoms with E-state index in [1.165, 1.54) is 18.0 Å². The molecule has 0 atom stereocenters. The summed E-state index contributed by atoms with van der Waals surface area (Å²) >= 11 is 0. The average molecular weight is 343 g/mol. The van der Waals surface area contributed by atoms with Crippen LogP contribution in [0.5, 0.6) is 5.75 Å². The fourth-order valence-electron chi connectivity index (χ4n) is 2.44. The van der Waals surface area contributed by atoms with Crippen molar-refractivity contribution >= 4 is 23.1 Å². The molecule has 0 aliphatic rings. The fourth-order valence-corrected chi connectivity index (χ4v) is 2.44. The molecule has 25 heavy (non-hydrogen) atoms. The highest BCUT2D eigenvalue weighted by atomic mass is 19.1. The van der Waals surface area contributed by atoms with Crippen molar-refractivity contribution in [1.29, 1.82) is 0 Å². The van der Waals surface area contributed by atoms with Gasteiger partial charge in [-0.1, -0.05) is 0 Å². The first-order valence-corrected chi connectivity index (χ1v) is 7.84. The van der Waals surface area contributed by atoms with Crippen molar-refractivity contribution in [3.05, 3.63) is 48.3 Å². The van der Waals surface area contributed by atoms with Crippen LogP contribution in [-0.4, -0.2) is 26.9 Å². The highest BCUT2D eigenvalue weighted by Gasteiger charge is 2.12. The molecule has 0 spiro atoms. The van der Waals surface area contributed by atoms with E-state index in [1.807, 2.05) is 25.1 Å². The SMILES string of the molecule is CCOCOc1ccc2cc(-c3ccc(N(C)C=O)c(F)c3)oc2c1. The summed E-state index contributed by atoms with van der Waals surface area (Å²) in [6.07, 6.45) is 0.559. The normalized spacial score (nSPS) is 10.8. The molecule has 1 amide bonds. The molecule has 0 fully saturated rings. The lowest BCUT2D eigenvalue weighted by atomic mass is 10.1. The summed E-state index contributed by atoms with van der Waals surface area (Å²) in [6, 6.07) is 11.9. The summed E-state index contributed by atoms with van der Waals surface area (Å²) < 4.78 is 30.6. The quantitative estimate of drug-likeness (QED) is 0.366. The molecule has 1 heterocycles. The fraction of sp³-hybridized carbons (Fsp3) is 0.211. The molecule has 130 valence electrons. The van der Waals surface area contributed by atoms with E-state index < -0.39 is 5.82 Å². The number of anilines is 1. The van der Waals surface area contributed by atoms with Crippen LogP contribution < -0.4 is 9.64 Å². The van der Waals surface area contributed by atoms with Crippen molar-refractivity contribution in [1.82, 2.24) is 0 Å². The van der Waals surface area contributed by atoms with Gasteiger partial charge in [-0.25, -0.2) is 4.39 Å². The molecule has 5 nitrogen and oxygen atoms in total. The van der Waals surface area contributed by atoms with Crippen molar-refractivity contribution in [3.8, 4) is 17.1 Å². The number of fused-ring (bicyclic) bond motifs is 1. The number of carbonyl (C=O) groups is 1. The second kappa shape index (κ2) is 7.36. The highest BCUT2D eigenvalue weighted by Crippen LogP contribution is 2.32. The van der Waals surface area contributed by atoms with Gasteiger partial charge in [-0.15, -0.1) is 0 Å². The predicted molar refractivity (Wildman–Crippen MR) is 93.2 cm³/mol. The first-order chi connectivity index (χ1) is 12.1. The molecule has 0 aliphatic heterocycles. The minimum Gasteiger partial charge on any atom is -0.467 e. The van der Waals surface area contributed by atoms with Crippen LogP contribution in [0.3, 0.4) is 0 Å². The number of hydrogen-bond acceptors (Lipinski definition) is 4. The van der Waals surface area contributed by atoms with Gasteiger partial charge in [0.15, 0.2) is 6.79 Å². The summed E-state index contributed by atoms with van der Waals surface area (Å²) in [6.45, 7) is 2.64. The minimum atomic E-state index is -0.492.